The van der Waals surface area contributed by atoms with Crippen molar-refractivity contribution in [3.63, 3.8) is 0 Å². The molecule has 1 atom stereocenters. The van der Waals surface area contributed by atoms with Crippen LogP contribution < -0.4 is 10.1 Å². The molecule has 4 heteroatoms. The number of carbonyl (C=O) groups is 1. The van der Waals surface area contributed by atoms with Gasteiger partial charge in [0.25, 0.3) is 5.91 Å². The van der Waals surface area contributed by atoms with E-state index in [-0.39, 0.29) is 11.9 Å². The lowest BCUT2D eigenvalue weighted by molar-refractivity contribution is 0.0935. The molecule has 0 aromatic heterocycles. The van der Waals surface area contributed by atoms with Gasteiger partial charge in [0.2, 0.25) is 0 Å². The average Bonchev–Trinajstić information content (AvgIpc) is 2.53. The first-order valence-electron chi connectivity index (χ1n) is 7.26. The smallest absolute Gasteiger partial charge is 0.251 e. The number of halogens is 1. The molecule has 0 fully saturated rings. The second-order valence-electron chi connectivity index (χ2n) is 5.17. The predicted molar refractivity (Wildman–Crippen MR) is 92.4 cm³/mol. The van der Waals surface area contributed by atoms with Crippen LogP contribution in [0.3, 0.4) is 0 Å². The van der Waals surface area contributed by atoms with Gasteiger partial charge >= 0.3 is 0 Å². The van der Waals surface area contributed by atoms with E-state index in [4.69, 9.17) is 4.74 Å². The summed E-state index contributed by atoms with van der Waals surface area (Å²) >= 11 is 3.37. The molecule has 0 saturated carbocycles. The summed E-state index contributed by atoms with van der Waals surface area (Å²) in [4.78, 5) is 12.4. The number of benzene rings is 2. The minimum absolute atomic E-state index is 0.0132. The van der Waals surface area contributed by atoms with Crippen LogP contribution in [-0.4, -0.2) is 13.0 Å². The van der Waals surface area contributed by atoms with E-state index in [1.54, 1.807) is 7.11 Å². The van der Waals surface area contributed by atoms with Crippen LogP contribution in [-0.2, 0) is 0 Å². The van der Waals surface area contributed by atoms with E-state index < -0.39 is 0 Å². The van der Waals surface area contributed by atoms with Gasteiger partial charge in [-0.15, -0.1) is 0 Å². The number of hydrogen-bond acceptors (Lipinski definition) is 2. The van der Waals surface area contributed by atoms with Gasteiger partial charge in [-0.2, -0.15) is 0 Å². The quantitative estimate of drug-likeness (QED) is 0.841. The highest BCUT2D eigenvalue weighted by molar-refractivity contribution is 9.10. The highest BCUT2D eigenvalue weighted by Crippen LogP contribution is 2.24. The van der Waals surface area contributed by atoms with Gasteiger partial charge < -0.3 is 10.1 Å². The van der Waals surface area contributed by atoms with Crippen molar-refractivity contribution in [1.82, 2.24) is 5.32 Å². The minimum atomic E-state index is -0.0622. The highest BCUT2D eigenvalue weighted by Gasteiger charge is 2.15. The Morgan fingerprint density at radius 2 is 1.91 bits per heavy atom. The van der Waals surface area contributed by atoms with Crippen molar-refractivity contribution < 1.29 is 9.53 Å². The third-order valence-electron chi connectivity index (χ3n) is 3.64. The number of ether oxygens (including phenoxy) is 1. The van der Waals surface area contributed by atoms with Crippen LogP contribution in [0.25, 0.3) is 0 Å². The highest BCUT2D eigenvalue weighted by atomic mass is 79.9. The maximum absolute atomic E-state index is 12.4. The lowest BCUT2D eigenvalue weighted by Crippen LogP contribution is -2.28. The summed E-state index contributed by atoms with van der Waals surface area (Å²) in [5.74, 6) is 0.797. The Kier molecular flexibility index (Phi) is 5.61. The van der Waals surface area contributed by atoms with Crippen molar-refractivity contribution in [3.05, 3.63) is 63.6 Å². The largest absolute Gasteiger partial charge is 0.496 e. The molecule has 116 valence electrons. The number of amides is 1. The van der Waals surface area contributed by atoms with Gasteiger partial charge in [-0.1, -0.05) is 35.0 Å². The molecule has 2 rings (SSSR count). The monoisotopic (exact) mass is 361 g/mol. The summed E-state index contributed by atoms with van der Waals surface area (Å²) in [6.45, 7) is 4.07. The second kappa shape index (κ2) is 7.45. The van der Waals surface area contributed by atoms with Gasteiger partial charge in [-0.25, -0.2) is 0 Å². The molecule has 2 aromatic carbocycles. The number of carbonyl (C=O) groups excluding carboxylic acids is 1. The standard InChI is InChI=1S/C18H20BrNO2/c1-4-16(14-7-10-17(22-3)12(2)11-14)20-18(21)13-5-8-15(19)9-6-13/h5-11,16H,4H2,1-3H3,(H,20,21)/t16-/m1/s1. The zero-order valence-electron chi connectivity index (χ0n) is 13.0. The van der Waals surface area contributed by atoms with Gasteiger partial charge in [-0.05, 0) is 54.8 Å². The van der Waals surface area contributed by atoms with Crippen LogP contribution in [0.2, 0.25) is 0 Å². The van der Waals surface area contributed by atoms with Crippen molar-refractivity contribution >= 4 is 21.8 Å². The molecule has 0 spiro atoms. The molecular weight excluding hydrogens is 342 g/mol. The van der Waals surface area contributed by atoms with Crippen molar-refractivity contribution in [1.29, 1.82) is 0 Å². The molecule has 0 aliphatic carbocycles. The van der Waals surface area contributed by atoms with Gasteiger partial charge in [-0.3, -0.25) is 4.79 Å². The number of aryl methyl sites for hydroxylation is 1. The fourth-order valence-electron chi connectivity index (χ4n) is 2.38. The molecule has 22 heavy (non-hydrogen) atoms. The maximum atomic E-state index is 12.4. The summed E-state index contributed by atoms with van der Waals surface area (Å²) in [6.07, 6.45) is 0.827. The lowest BCUT2D eigenvalue weighted by Gasteiger charge is -2.19. The number of hydrogen-bond donors (Lipinski definition) is 1. The molecule has 0 aliphatic rings. The topological polar surface area (TPSA) is 38.3 Å². The Morgan fingerprint density at radius 1 is 1.23 bits per heavy atom. The number of nitrogens with one attached hydrogen (secondary N) is 1. The fourth-order valence-corrected chi connectivity index (χ4v) is 2.65. The summed E-state index contributed by atoms with van der Waals surface area (Å²) in [6, 6.07) is 13.4. The van der Waals surface area contributed by atoms with Crippen LogP contribution in [0, 0.1) is 6.92 Å². The summed E-state index contributed by atoms with van der Waals surface area (Å²) in [5, 5.41) is 3.09. The van der Waals surface area contributed by atoms with E-state index in [2.05, 4.69) is 34.2 Å². The van der Waals surface area contributed by atoms with Crippen LogP contribution in [0.5, 0.6) is 5.75 Å². The third kappa shape index (κ3) is 3.89. The SMILES string of the molecule is CC[C@@H](NC(=O)c1ccc(Br)cc1)c1ccc(OC)c(C)c1. The number of methoxy groups -OCH3 is 1. The normalized spacial score (nSPS) is 11.8. The molecule has 0 radical (unpaired) electrons. The Hall–Kier alpha value is -1.81. The predicted octanol–water partition coefficient (Wildman–Crippen LogP) is 4.65. The van der Waals surface area contributed by atoms with Crippen molar-refractivity contribution in [2.45, 2.75) is 26.3 Å². The molecule has 0 aliphatic heterocycles. The van der Waals surface area contributed by atoms with E-state index in [9.17, 15) is 4.79 Å². The second-order valence-corrected chi connectivity index (χ2v) is 6.09. The van der Waals surface area contributed by atoms with Crippen LogP contribution in [0.15, 0.2) is 46.9 Å². The van der Waals surface area contributed by atoms with Gasteiger partial charge in [0.15, 0.2) is 0 Å². The summed E-state index contributed by atoms with van der Waals surface area (Å²) in [7, 11) is 1.66. The summed E-state index contributed by atoms with van der Waals surface area (Å²) in [5.41, 5.74) is 2.81. The van der Waals surface area contributed by atoms with Crippen molar-refractivity contribution in [2.75, 3.05) is 7.11 Å². The van der Waals surface area contributed by atoms with Gasteiger partial charge in [0.05, 0.1) is 13.2 Å². The van der Waals surface area contributed by atoms with E-state index >= 15 is 0 Å². The first-order valence-corrected chi connectivity index (χ1v) is 8.05. The molecule has 0 unspecified atom stereocenters. The molecular formula is C18H20BrNO2. The average molecular weight is 362 g/mol. The molecule has 1 N–H and O–H groups in total. The first kappa shape index (κ1) is 16.6. The zero-order chi connectivity index (χ0) is 16.1. The zero-order valence-corrected chi connectivity index (χ0v) is 14.6. The molecule has 3 nitrogen and oxygen atoms in total. The third-order valence-corrected chi connectivity index (χ3v) is 4.17. The van der Waals surface area contributed by atoms with E-state index in [1.165, 1.54) is 0 Å². The lowest BCUT2D eigenvalue weighted by atomic mass is 10.0. The molecule has 0 saturated heterocycles. The van der Waals surface area contributed by atoms with Crippen LogP contribution >= 0.6 is 15.9 Å². The Bertz CT molecular complexity index is 653. The maximum Gasteiger partial charge on any atom is 0.251 e. The van der Waals surface area contributed by atoms with Gasteiger partial charge in [0.1, 0.15) is 5.75 Å². The van der Waals surface area contributed by atoms with Crippen molar-refractivity contribution in [2.24, 2.45) is 0 Å². The first-order chi connectivity index (χ1) is 10.5. The molecule has 1 amide bonds. The molecule has 0 heterocycles. The Labute approximate surface area is 139 Å². The van der Waals surface area contributed by atoms with Crippen molar-refractivity contribution in [3.8, 4) is 5.75 Å². The minimum Gasteiger partial charge on any atom is -0.496 e. The molecule has 2 aromatic rings. The van der Waals surface area contributed by atoms with E-state index in [0.29, 0.717) is 5.56 Å². The summed E-state index contributed by atoms with van der Waals surface area (Å²) < 4.78 is 6.24. The molecule has 0 bridgehead atoms. The number of rotatable bonds is 5. The van der Waals surface area contributed by atoms with E-state index in [1.807, 2.05) is 43.3 Å². The van der Waals surface area contributed by atoms with Crippen LogP contribution in [0.4, 0.5) is 0 Å². The van der Waals surface area contributed by atoms with E-state index in [0.717, 1.165) is 27.8 Å². The Balaban J connectivity index is 2.16. The van der Waals surface area contributed by atoms with Gasteiger partial charge in [0, 0.05) is 10.0 Å². The Morgan fingerprint density at radius 3 is 2.45 bits per heavy atom. The van der Waals surface area contributed by atoms with Crippen LogP contribution in [0.1, 0.15) is 40.9 Å². The fraction of sp³-hybridized carbons (Fsp3) is 0.278.